The number of fused-ring (bicyclic) bond motifs is 1. The Morgan fingerprint density at radius 1 is 1.44 bits per heavy atom. The minimum atomic E-state index is 0.167. The lowest BCUT2D eigenvalue weighted by atomic mass is 9.88. The first kappa shape index (κ1) is 11.7. The van der Waals surface area contributed by atoms with Crippen LogP contribution in [0.1, 0.15) is 34.9 Å². The molecule has 4 heteroatoms. The Labute approximate surface area is 111 Å². The number of ether oxygens (including phenoxy) is 1. The molecule has 2 aromatic rings. The van der Waals surface area contributed by atoms with E-state index in [1.54, 1.807) is 11.3 Å². The first-order valence-electron chi connectivity index (χ1n) is 6.21. The molecule has 1 aromatic heterocycles. The van der Waals surface area contributed by atoms with Crippen LogP contribution in [0.15, 0.2) is 29.9 Å². The van der Waals surface area contributed by atoms with E-state index in [9.17, 15) is 0 Å². The molecular weight excluding hydrogens is 244 g/mol. The van der Waals surface area contributed by atoms with Gasteiger partial charge in [0.05, 0.1) is 10.4 Å². The molecule has 3 nitrogen and oxygen atoms in total. The maximum atomic E-state index is 6.14. The van der Waals surface area contributed by atoms with Crippen molar-refractivity contribution >= 4 is 11.3 Å². The van der Waals surface area contributed by atoms with E-state index in [4.69, 9.17) is 10.5 Å². The van der Waals surface area contributed by atoms with Crippen molar-refractivity contribution in [3.63, 3.8) is 0 Å². The summed E-state index contributed by atoms with van der Waals surface area (Å²) in [5.74, 6) is 0.902. The monoisotopic (exact) mass is 260 g/mol. The van der Waals surface area contributed by atoms with Crippen molar-refractivity contribution in [3.05, 3.63) is 45.9 Å². The fraction of sp³-hybridized carbons (Fsp3) is 0.357. The Balaban J connectivity index is 1.75. The normalized spacial score (nSPS) is 18.4. The first-order valence-corrected chi connectivity index (χ1v) is 7.09. The standard InChI is InChI=1S/C14H16N2OS/c15-14-3-1-2-10-4-5-11(6-13(10)14)17-8-12-7-16-9-18-12/h4-7,9,14H,1-3,8,15H2. The molecule has 1 aromatic carbocycles. The molecule has 1 aliphatic rings. The quantitative estimate of drug-likeness (QED) is 0.922. The largest absolute Gasteiger partial charge is 0.488 e. The molecule has 1 aliphatic carbocycles. The predicted octanol–water partition coefficient (Wildman–Crippen LogP) is 3.06. The number of hydrogen-bond donors (Lipinski definition) is 1. The zero-order chi connectivity index (χ0) is 12.4. The highest BCUT2D eigenvalue weighted by Crippen LogP contribution is 2.31. The lowest BCUT2D eigenvalue weighted by Gasteiger charge is -2.22. The molecule has 0 saturated heterocycles. The van der Waals surface area contributed by atoms with Gasteiger partial charge in [-0.25, -0.2) is 0 Å². The lowest BCUT2D eigenvalue weighted by molar-refractivity contribution is 0.308. The summed E-state index contributed by atoms with van der Waals surface area (Å²) < 4.78 is 5.78. The lowest BCUT2D eigenvalue weighted by Crippen LogP contribution is -2.17. The third kappa shape index (κ3) is 2.40. The van der Waals surface area contributed by atoms with Crippen LogP contribution in [0, 0.1) is 0 Å². The summed E-state index contributed by atoms with van der Waals surface area (Å²) in [7, 11) is 0. The molecule has 2 N–H and O–H groups in total. The zero-order valence-corrected chi connectivity index (χ0v) is 11.0. The van der Waals surface area contributed by atoms with Gasteiger partial charge in [-0.15, -0.1) is 11.3 Å². The Kier molecular flexibility index (Phi) is 3.30. The van der Waals surface area contributed by atoms with Gasteiger partial charge in [-0.3, -0.25) is 4.98 Å². The van der Waals surface area contributed by atoms with Crippen molar-refractivity contribution in [2.75, 3.05) is 0 Å². The van der Waals surface area contributed by atoms with E-state index in [1.807, 2.05) is 17.8 Å². The van der Waals surface area contributed by atoms with E-state index in [0.717, 1.165) is 23.5 Å². The molecule has 0 radical (unpaired) electrons. The summed E-state index contributed by atoms with van der Waals surface area (Å²) in [6.45, 7) is 0.582. The molecule has 0 saturated carbocycles. The van der Waals surface area contributed by atoms with E-state index >= 15 is 0 Å². The van der Waals surface area contributed by atoms with Crippen LogP contribution in [0.4, 0.5) is 0 Å². The molecule has 1 unspecified atom stereocenters. The van der Waals surface area contributed by atoms with E-state index in [-0.39, 0.29) is 6.04 Å². The Morgan fingerprint density at radius 3 is 3.22 bits per heavy atom. The van der Waals surface area contributed by atoms with Crippen molar-refractivity contribution in [2.24, 2.45) is 5.73 Å². The van der Waals surface area contributed by atoms with Gasteiger partial charge < -0.3 is 10.5 Å². The van der Waals surface area contributed by atoms with Crippen LogP contribution in [0.5, 0.6) is 5.75 Å². The Bertz CT molecular complexity index is 525. The van der Waals surface area contributed by atoms with E-state index in [0.29, 0.717) is 6.61 Å². The number of hydrogen-bond acceptors (Lipinski definition) is 4. The van der Waals surface area contributed by atoms with Crippen LogP contribution < -0.4 is 10.5 Å². The fourth-order valence-electron chi connectivity index (χ4n) is 2.37. The molecule has 0 bridgehead atoms. The van der Waals surface area contributed by atoms with E-state index in [1.165, 1.54) is 17.5 Å². The average Bonchev–Trinajstić information content (AvgIpc) is 2.90. The highest BCUT2D eigenvalue weighted by Gasteiger charge is 2.17. The number of thiazole rings is 1. The summed E-state index contributed by atoms with van der Waals surface area (Å²) >= 11 is 1.61. The summed E-state index contributed by atoms with van der Waals surface area (Å²) in [5.41, 5.74) is 10.6. The van der Waals surface area contributed by atoms with Crippen LogP contribution in [0.3, 0.4) is 0 Å². The molecule has 3 rings (SSSR count). The van der Waals surface area contributed by atoms with Crippen LogP contribution >= 0.6 is 11.3 Å². The minimum absolute atomic E-state index is 0.167. The molecule has 0 amide bonds. The van der Waals surface area contributed by atoms with Crippen LogP contribution in [-0.2, 0) is 13.0 Å². The van der Waals surface area contributed by atoms with Crippen molar-refractivity contribution in [2.45, 2.75) is 31.9 Å². The van der Waals surface area contributed by atoms with Gasteiger partial charge >= 0.3 is 0 Å². The van der Waals surface area contributed by atoms with Gasteiger partial charge in [0.15, 0.2) is 0 Å². The Morgan fingerprint density at radius 2 is 2.39 bits per heavy atom. The van der Waals surface area contributed by atoms with Gasteiger partial charge in [0, 0.05) is 12.2 Å². The molecule has 0 aliphatic heterocycles. The summed E-state index contributed by atoms with van der Waals surface area (Å²) in [6.07, 6.45) is 5.24. The number of aromatic nitrogens is 1. The van der Waals surface area contributed by atoms with Gasteiger partial charge in [0.1, 0.15) is 12.4 Å². The SMILES string of the molecule is NC1CCCc2ccc(OCc3cncs3)cc21. The minimum Gasteiger partial charge on any atom is -0.488 e. The zero-order valence-electron chi connectivity index (χ0n) is 10.1. The second-order valence-corrected chi connectivity index (χ2v) is 5.59. The predicted molar refractivity (Wildman–Crippen MR) is 72.8 cm³/mol. The maximum Gasteiger partial charge on any atom is 0.124 e. The Hall–Kier alpha value is -1.39. The smallest absolute Gasteiger partial charge is 0.124 e. The van der Waals surface area contributed by atoms with Gasteiger partial charge in [-0.2, -0.15) is 0 Å². The van der Waals surface area contributed by atoms with Crippen LogP contribution in [-0.4, -0.2) is 4.98 Å². The fourth-order valence-corrected chi connectivity index (χ4v) is 2.88. The molecular formula is C14H16N2OS. The van der Waals surface area contributed by atoms with Crippen molar-refractivity contribution in [1.29, 1.82) is 0 Å². The molecule has 1 heterocycles. The summed E-state index contributed by atoms with van der Waals surface area (Å²) in [4.78, 5) is 5.17. The number of nitrogens with zero attached hydrogens (tertiary/aromatic N) is 1. The highest BCUT2D eigenvalue weighted by molar-refractivity contribution is 7.09. The third-order valence-corrected chi connectivity index (χ3v) is 4.10. The van der Waals surface area contributed by atoms with Gasteiger partial charge in [-0.1, -0.05) is 6.07 Å². The van der Waals surface area contributed by atoms with E-state index in [2.05, 4.69) is 17.1 Å². The molecule has 1 atom stereocenters. The molecule has 0 fully saturated rings. The molecule has 18 heavy (non-hydrogen) atoms. The second kappa shape index (κ2) is 5.08. The van der Waals surface area contributed by atoms with E-state index < -0.39 is 0 Å². The van der Waals surface area contributed by atoms with Crippen LogP contribution in [0.25, 0.3) is 0 Å². The number of rotatable bonds is 3. The second-order valence-electron chi connectivity index (χ2n) is 4.62. The third-order valence-electron chi connectivity index (χ3n) is 3.34. The van der Waals surface area contributed by atoms with Crippen molar-refractivity contribution in [3.8, 4) is 5.75 Å². The number of nitrogens with two attached hydrogens (primary N) is 1. The van der Waals surface area contributed by atoms with Gasteiger partial charge in [0.2, 0.25) is 0 Å². The highest BCUT2D eigenvalue weighted by atomic mass is 32.1. The molecule has 0 spiro atoms. The van der Waals surface area contributed by atoms with Crippen molar-refractivity contribution < 1.29 is 4.74 Å². The van der Waals surface area contributed by atoms with Gasteiger partial charge in [0.25, 0.3) is 0 Å². The van der Waals surface area contributed by atoms with Gasteiger partial charge in [-0.05, 0) is 42.5 Å². The first-order chi connectivity index (χ1) is 8.83. The number of aryl methyl sites for hydroxylation is 1. The topological polar surface area (TPSA) is 48.1 Å². The van der Waals surface area contributed by atoms with Crippen molar-refractivity contribution in [1.82, 2.24) is 4.98 Å². The summed E-state index contributed by atoms with van der Waals surface area (Å²) in [6, 6.07) is 6.45. The summed E-state index contributed by atoms with van der Waals surface area (Å²) in [5, 5.41) is 0. The molecule has 94 valence electrons. The average molecular weight is 260 g/mol. The number of benzene rings is 1. The van der Waals surface area contributed by atoms with Crippen LogP contribution in [0.2, 0.25) is 0 Å². The maximum absolute atomic E-state index is 6.14.